The summed E-state index contributed by atoms with van der Waals surface area (Å²) in [7, 11) is 0. The summed E-state index contributed by atoms with van der Waals surface area (Å²) in [5.74, 6) is -1.14. The average molecular weight is 360 g/mol. The number of halogens is 3. The molecule has 0 saturated carbocycles. The number of thioether (sulfide) groups is 1. The van der Waals surface area contributed by atoms with Crippen LogP contribution in [0.4, 0.5) is 18.9 Å². The van der Waals surface area contributed by atoms with Gasteiger partial charge in [-0.15, -0.1) is 0 Å². The minimum absolute atomic E-state index is 0.0615. The van der Waals surface area contributed by atoms with Gasteiger partial charge in [-0.3, -0.25) is 9.59 Å². The highest BCUT2D eigenvalue weighted by Crippen LogP contribution is 2.31. The molecule has 1 atom stereocenters. The molecule has 1 aromatic rings. The van der Waals surface area contributed by atoms with Gasteiger partial charge in [-0.1, -0.05) is 29.1 Å². The molecule has 2 amide bonds. The Bertz CT molecular complexity index is 733. The van der Waals surface area contributed by atoms with E-state index in [1.807, 2.05) is 0 Å². The van der Waals surface area contributed by atoms with Crippen molar-refractivity contribution >= 4 is 40.0 Å². The van der Waals surface area contributed by atoms with E-state index in [2.05, 4.69) is 20.8 Å². The standard InChI is InChI=1S/C13H11F3N4O3S/c1-6(21)17-8-5-3-2-4-7(8)10(22)19-12-18-9(13(14,15)16)11(20-23)24-12/h2-5,12,23H,1H3,(H,17,21)(H,19,22). The number of oxime groups is 1. The topological polar surface area (TPSA) is 103 Å². The molecule has 1 unspecified atom stereocenters. The number of aliphatic imine (C=N–C) groups is 1. The summed E-state index contributed by atoms with van der Waals surface area (Å²) in [5, 5.41) is 15.2. The van der Waals surface area contributed by atoms with E-state index in [0.29, 0.717) is 11.8 Å². The Hall–Kier alpha value is -2.56. The quantitative estimate of drug-likeness (QED) is 0.568. The fourth-order valence-corrected chi connectivity index (χ4v) is 2.72. The maximum Gasteiger partial charge on any atom is 0.435 e. The number of hydrogen-bond donors (Lipinski definition) is 3. The molecule has 3 N–H and O–H groups in total. The maximum absolute atomic E-state index is 12.7. The van der Waals surface area contributed by atoms with Crippen LogP contribution in [0.25, 0.3) is 0 Å². The van der Waals surface area contributed by atoms with Crippen molar-refractivity contribution in [3.05, 3.63) is 29.8 Å². The van der Waals surface area contributed by atoms with Crippen LogP contribution in [0.5, 0.6) is 0 Å². The van der Waals surface area contributed by atoms with E-state index in [9.17, 15) is 22.8 Å². The Morgan fingerprint density at radius 3 is 2.54 bits per heavy atom. The third-order valence-corrected chi connectivity index (χ3v) is 3.71. The lowest BCUT2D eigenvalue weighted by Gasteiger charge is -2.12. The van der Waals surface area contributed by atoms with Crippen molar-refractivity contribution in [2.24, 2.45) is 10.1 Å². The van der Waals surface area contributed by atoms with Crippen LogP contribution in [-0.4, -0.2) is 39.5 Å². The van der Waals surface area contributed by atoms with Crippen molar-refractivity contribution in [1.82, 2.24) is 5.32 Å². The van der Waals surface area contributed by atoms with E-state index in [4.69, 9.17) is 5.21 Å². The third kappa shape index (κ3) is 4.04. The fraction of sp³-hybridized carbons (Fsp3) is 0.231. The lowest BCUT2D eigenvalue weighted by molar-refractivity contribution is -0.114. The second-order valence-corrected chi connectivity index (χ2v) is 5.62. The lowest BCUT2D eigenvalue weighted by atomic mass is 10.1. The number of alkyl halides is 3. The van der Waals surface area contributed by atoms with Crippen molar-refractivity contribution in [3.63, 3.8) is 0 Å². The number of hydrogen-bond acceptors (Lipinski definition) is 6. The monoisotopic (exact) mass is 360 g/mol. The number of nitrogens with zero attached hydrogens (tertiary/aromatic N) is 2. The van der Waals surface area contributed by atoms with E-state index in [1.54, 1.807) is 6.07 Å². The van der Waals surface area contributed by atoms with Gasteiger partial charge in [-0.2, -0.15) is 13.2 Å². The number of para-hydroxylation sites is 1. The maximum atomic E-state index is 12.7. The van der Waals surface area contributed by atoms with Crippen LogP contribution >= 0.6 is 11.8 Å². The molecule has 0 saturated heterocycles. The van der Waals surface area contributed by atoms with Crippen LogP contribution in [0.1, 0.15) is 17.3 Å². The van der Waals surface area contributed by atoms with E-state index in [1.165, 1.54) is 25.1 Å². The SMILES string of the molecule is CC(=O)Nc1ccccc1C(=O)NC1N=C(C(F)(F)F)C(=NO)S1. The molecule has 128 valence electrons. The van der Waals surface area contributed by atoms with Crippen molar-refractivity contribution in [1.29, 1.82) is 0 Å². The number of carbonyl (C=O) groups excluding carboxylic acids is 2. The number of anilines is 1. The predicted octanol–water partition coefficient (Wildman–Crippen LogP) is 2.20. The summed E-state index contributed by atoms with van der Waals surface area (Å²) in [4.78, 5) is 26.7. The zero-order valence-corrected chi connectivity index (χ0v) is 12.9. The van der Waals surface area contributed by atoms with Gasteiger partial charge in [0.1, 0.15) is 0 Å². The molecule has 1 aromatic carbocycles. The number of benzene rings is 1. The van der Waals surface area contributed by atoms with Crippen LogP contribution < -0.4 is 10.6 Å². The summed E-state index contributed by atoms with van der Waals surface area (Å²) in [6, 6.07) is 5.99. The van der Waals surface area contributed by atoms with Crippen LogP contribution in [0, 0.1) is 0 Å². The number of amides is 2. The Morgan fingerprint density at radius 2 is 2.00 bits per heavy atom. The summed E-state index contributed by atoms with van der Waals surface area (Å²) >= 11 is 0.445. The first-order valence-corrected chi connectivity index (χ1v) is 7.32. The molecule has 2 rings (SSSR count). The van der Waals surface area contributed by atoms with Gasteiger partial charge < -0.3 is 15.8 Å². The zero-order chi connectivity index (χ0) is 17.9. The van der Waals surface area contributed by atoms with E-state index in [0.717, 1.165) is 0 Å². The Kier molecular flexibility index (Phi) is 5.12. The van der Waals surface area contributed by atoms with Crippen LogP contribution in [0.3, 0.4) is 0 Å². The number of nitrogens with one attached hydrogen (secondary N) is 2. The van der Waals surface area contributed by atoms with E-state index >= 15 is 0 Å². The van der Waals surface area contributed by atoms with Gasteiger partial charge in [0.25, 0.3) is 5.91 Å². The van der Waals surface area contributed by atoms with Crippen molar-refractivity contribution in [2.45, 2.75) is 18.6 Å². The van der Waals surface area contributed by atoms with E-state index in [-0.39, 0.29) is 11.3 Å². The van der Waals surface area contributed by atoms with Gasteiger partial charge in [0.15, 0.2) is 16.3 Å². The summed E-state index contributed by atoms with van der Waals surface area (Å²) in [6.07, 6.45) is -4.80. The Labute approximate surface area is 138 Å². The molecule has 24 heavy (non-hydrogen) atoms. The minimum Gasteiger partial charge on any atom is -0.410 e. The Balaban J connectivity index is 2.20. The average Bonchev–Trinajstić information content (AvgIpc) is 2.90. The smallest absolute Gasteiger partial charge is 0.410 e. The van der Waals surface area contributed by atoms with Crippen molar-refractivity contribution < 1.29 is 28.0 Å². The summed E-state index contributed by atoms with van der Waals surface area (Å²) in [5.41, 5.74) is -2.39. The number of rotatable bonds is 3. The fourth-order valence-electron chi connectivity index (χ4n) is 1.86. The molecule has 0 aromatic heterocycles. The largest absolute Gasteiger partial charge is 0.435 e. The van der Waals surface area contributed by atoms with Crippen LogP contribution in [0.15, 0.2) is 34.4 Å². The van der Waals surface area contributed by atoms with Gasteiger partial charge >= 0.3 is 6.18 Å². The molecule has 7 nitrogen and oxygen atoms in total. The molecular weight excluding hydrogens is 349 g/mol. The minimum atomic E-state index is -4.80. The summed E-state index contributed by atoms with van der Waals surface area (Å²) < 4.78 is 38.2. The first kappa shape index (κ1) is 17.8. The predicted molar refractivity (Wildman–Crippen MR) is 82.3 cm³/mol. The summed E-state index contributed by atoms with van der Waals surface area (Å²) in [6.45, 7) is 1.26. The second kappa shape index (κ2) is 6.91. The van der Waals surface area contributed by atoms with Crippen LogP contribution in [0.2, 0.25) is 0 Å². The van der Waals surface area contributed by atoms with Gasteiger partial charge in [-0.05, 0) is 12.1 Å². The molecule has 0 bridgehead atoms. The number of carbonyl (C=O) groups is 2. The molecule has 1 aliphatic heterocycles. The first-order valence-electron chi connectivity index (χ1n) is 6.44. The molecular formula is C13H11F3N4O3S. The van der Waals surface area contributed by atoms with Crippen molar-refractivity contribution in [3.8, 4) is 0 Å². The van der Waals surface area contributed by atoms with Crippen LogP contribution in [-0.2, 0) is 4.79 Å². The highest BCUT2D eigenvalue weighted by Gasteiger charge is 2.45. The van der Waals surface area contributed by atoms with Gasteiger partial charge in [-0.25, -0.2) is 4.99 Å². The molecule has 0 radical (unpaired) electrons. The highest BCUT2D eigenvalue weighted by molar-refractivity contribution is 8.16. The molecule has 1 heterocycles. The molecule has 0 fully saturated rings. The normalized spacial score (nSPS) is 19.1. The van der Waals surface area contributed by atoms with Gasteiger partial charge in [0.2, 0.25) is 5.91 Å². The second-order valence-electron chi connectivity index (χ2n) is 4.55. The third-order valence-electron chi connectivity index (χ3n) is 2.77. The molecule has 1 aliphatic rings. The molecule has 11 heteroatoms. The zero-order valence-electron chi connectivity index (χ0n) is 12.1. The van der Waals surface area contributed by atoms with Gasteiger partial charge in [0, 0.05) is 6.92 Å². The first-order chi connectivity index (χ1) is 11.2. The van der Waals surface area contributed by atoms with Crippen molar-refractivity contribution in [2.75, 3.05) is 5.32 Å². The molecule has 0 aliphatic carbocycles. The Morgan fingerprint density at radius 1 is 1.33 bits per heavy atom. The lowest BCUT2D eigenvalue weighted by Crippen LogP contribution is -2.31. The molecule has 0 spiro atoms. The highest BCUT2D eigenvalue weighted by atomic mass is 32.2. The van der Waals surface area contributed by atoms with E-state index < -0.39 is 34.2 Å². The van der Waals surface area contributed by atoms with Gasteiger partial charge in [0.05, 0.1) is 11.3 Å².